The second kappa shape index (κ2) is 4.01. The van der Waals surface area contributed by atoms with Gasteiger partial charge in [-0.2, -0.15) is 0 Å². The monoisotopic (exact) mass is 162 g/mol. The number of hydrogen-bond donors (Lipinski definition) is 2. The minimum Gasteiger partial charge on any atom is -0.396 e. The Morgan fingerprint density at radius 1 is 1.64 bits per heavy atom. The van der Waals surface area contributed by atoms with Crippen molar-refractivity contribution in [2.45, 2.75) is 31.3 Å². The zero-order chi connectivity index (χ0) is 8.27. The van der Waals surface area contributed by atoms with Crippen molar-refractivity contribution in [2.75, 3.05) is 13.7 Å². The fourth-order valence-electron chi connectivity index (χ4n) is 1.23. The number of ether oxygens (including phenoxy) is 2. The molecule has 1 rings (SSSR count). The summed E-state index contributed by atoms with van der Waals surface area (Å²) in [5.41, 5.74) is 0. The molecule has 3 atom stereocenters. The molecule has 4 heteroatoms. The van der Waals surface area contributed by atoms with Crippen molar-refractivity contribution < 1.29 is 19.7 Å². The van der Waals surface area contributed by atoms with E-state index < -0.39 is 6.10 Å². The Hall–Kier alpha value is -0.160. The lowest BCUT2D eigenvalue weighted by Crippen LogP contribution is -2.21. The van der Waals surface area contributed by atoms with Crippen LogP contribution in [-0.4, -0.2) is 42.4 Å². The van der Waals surface area contributed by atoms with Gasteiger partial charge in [0, 0.05) is 20.1 Å². The summed E-state index contributed by atoms with van der Waals surface area (Å²) in [4.78, 5) is 0. The van der Waals surface area contributed by atoms with E-state index in [1.807, 2.05) is 0 Å². The lowest BCUT2D eigenvalue weighted by Gasteiger charge is -2.11. The average molecular weight is 162 g/mol. The van der Waals surface area contributed by atoms with Crippen LogP contribution in [0, 0.1) is 0 Å². The third-order valence-corrected chi connectivity index (χ3v) is 1.87. The van der Waals surface area contributed by atoms with Gasteiger partial charge in [-0.15, -0.1) is 0 Å². The summed E-state index contributed by atoms with van der Waals surface area (Å²) < 4.78 is 10.1. The van der Waals surface area contributed by atoms with Crippen molar-refractivity contribution in [1.82, 2.24) is 0 Å². The molecule has 0 aromatic rings. The van der Waals surface area contributed by atoms with Crippen LogP contribution in [0.25, 0.3) is 0 Å². The van der Waals surface area contributed by atoms with Gasteiger partial charge < -0.3 is 19.7 Å². The normalized spacial score (nSPS) is 37.9. The van der Waals surface area contributed by atoms with Crippen molar-refractivity contribution in [3.63, 3.8) is 0 Å². The van der Waals surface area contributed by atoms with Crippen LogP contribution in [0.4, 0.5) is 0 Å². The first-order chi connectivity index (χ1) is 5.27. The van der Waals surface area contributed by atoms with E-state index in [1.54, 1.807) is 7.11 Å². The molecule has 0 bridgehead atoms. The van der Waals surface area contributed by atoms with Gasteiger partial charge in [-0.1, -0.05) is 0 Å². The quantitative estimate of drug-likeness (QED) is 0.587. The van der Waals surface area contributed by atoms with Gasteiger partial charge in [0.05, 0.1) is 12.2 Å². The van der Waals surface area contributed by atoms with Crippen molar-refractivity contribution >= 4 is 0 Å². The van der Waals surface area contributed by atoms with Gasteiger partial charge in [0.25, 0.3) is 0 Å². The van der Waals surface area contributed by atoms with Crippen LogP contribution in [0.1, 0.15) is 12.8 Å². The van der Waals surface area contributed by atoms with Crippen molar-refractivity contribution in [2.24, 2.45) is 0 Å². The van der Waals surface area contributed by atoms with Crippen LogP contribution in [0.3, 0.4) is 0 Å². The predicted octanol–water partition coefficient (Wildman–Crippen LogP) is -0.509. The van der Waals surface area contributed by atoms with Crippen molar-refractivity contribution in [3.05, 3.63) is 0 Å². The van der Waals surface area contributed by atoms with Crippen LogP contribution in [0.2, 0.25) is 0 Å². The molecule has 0 radical (unpaired) electrons. The molecule has 4 nitrogen and oxygen atoms in total. The first-order valence-electron chi connectivity index (χ1n) is 3.75. The van der Waals surface area contributed by atoms with Crippen LogP contribution in [-0.2, 0) is 9.47 Å². The summed E-state index contributed by atoms with van der Waals surface area (Å²) in [6.45, 7) is 0.0398. The van der Waals surface area contributed by atoms with E-state index in [0.717, 1.165) is 0 Å². The predicted molar refractivity (Wildman–Crippen MR) is 38.0 cm³/mol. The maximum absolute atomic E-state index is 9.31. The lowest BCUT2D eigenvalue weighted by atomic mass is 10.1. The van der Waals surface area contributed by atoms with Crippen molar-refractivity contribution in [3.8, 4) is 0 Å². The lowest BCUT2D eigenvalue weighted by molar-refractivity contribution is -0.120. The van der Waals surface area contributed by atoms with Crippen LogP contribution < -0.4 is 0 Å². The van der Waals surface area contributed by atoms with Gasteiger partial charge in [-0.05, 0) is 6.42 Å². The fourth-order valence-corrected chi connectivity index (χ4v) is 1.23. The van der Waals surface area contributed by atoms with Gasteiger partial charge in [0.15, 0.2) is 6.29 Å². The Labute approximate surface area is 65.7 Å². The molecular formula is C7H14O4. The SMILES string of the molecule is COC1CC(O)C(CCO)O1. The van der Waals surface area contributed by atoms with Gasteiger partial charge in [-0.25, -0.2) is 0 Å². The standard InChI is InChI=1S/C7H14O4/c1-10-7-4-5(9)6(11-7)2-3-8/h5-9H,2-4H2,1H3. The highest BCUT2D eigenvalue weighted by Crippen LogP contribution is 2.22. The van der Waals surface area contributed by atoms with E-state index in [-0.39, 0.29) is 19.0 Å². The second-order valence-corrected chi connectivity index (χ2v) is 2.66. The van der Waals surface area contributed by atoms with E-state index in [1.165, 1.54) is 0 Å². The first kappa shape index (κ1) is 8.93. The second-order valence-electron chi connectivity index (χ2n) is 2.66. The van der Waals surface area contributed by atoms with Gasteiger partial charge in [0.1, 0.15) is 0 Å². The molecule has 0 saturated carbocycles. The zero-order valence-corrected chi connectivity index (χ0v) is 6.56. The minimum atomic E-state index is -0.493. The molecule has 1 saturated heterocycles. The first-order valence-corrected chi connectivity index (χ1v) is 3.75. The van der Waals surface area contributed by atoms with Gasteiger partial charge in [0.2, 0.25) is 0 Å². The van der Waals surface area contributed by atoms with E-state index in [0.29, 0.717) is 12.8 Å². The molecule has 0 aromatic carbocycles. The third kappa shape index (κ3) is 2.13. The molecule has 2 N–H and O–H groups in total. The summed E-state index contributed by atoms with van der Waals surface area (Å²) >= 11 is 0. The molecule has 1 fully saturated rings. The van der Waals surface area contributed by atoms with Crippen LogP contribution >= 0.6 is 0 Å². The molecule has 3 unspecified atom stereocenters. The molecule has 11 heavy (non-hydrogen) atoms. The van der Waals surface area contributed by atoms with Gasteiger partial charge >= 0.3 is 0 Å². The Balaban J connectivity index is 2.32. The molecule has 66 valence electrons. The molecule has 0 spiro atoms. The third-order valence-electron chi connectivity index (χ3n) is 1.87. The van der Waals surface area contributed by atoms with E-state index in [2.05, 4.69) is 0 Å². The summed E-state index contributed by atoms with van der Waals surface area (Å²) in [7, 11) is 1.54. The number of rotatable bonds is 3. The maximum atomic E-state index is 9.31. The number of methoxy groups -OCH3 is 1. The smallest absolute Gasteiger partial charge is 0.160 e. The van der Waals surface area contributed by atoms with E-state index in [9.17, 15) is 5.11 Å². The summed E-state index contributed by atoms with van der Waals surface area (Å²) in [6.07, 6.45) is -0.0825. The average Bonchev–Trinajstić information content (AvgIpc) is 2.33. The Bertz CT molecular complexity index is 117. The van der Waals surface area contributed by atoms with Gasteiger partial charge in [-0.3, -0.25) is 0 Å². The van der Waals surface area contributed by atoms with Crippen molar-refractivity contribution in [1.29, 1.82) is 0 Å². The molecule has 1 aliphatic heterocycles. The Morgan fingerprint density at radius 2 is 2.36 bits per heavy atom. The van der Waals surface area contributed by atoms with E-state index >= 15 is 0 Å². The molecule has 0 aromatic heterocycles. The molecule has 0 amide bonds. The molecule has 0 aliphatic carbocycles. The minimum absolute atomic E-state index is 0.0398. The van der Waals surface area contributed by atoms with Crippen LogP contribution in [0.5, 0.6) is 0 Å². The highest BCUT2D eigenvalue weighted by atomic mass is 16.7. The zero-order valence-electron chi connectivity index (χ0n) is 6.56. The Kier molecular flexibility index (Phi) is 3.26. The van der Waals surface area contributed by atoms with E-state index in [4.69, 9.17) is 14.6 Å². The fraction of sp³-hybridized carbons (Fsp3) is 1.00. The Morgan fingerprint density at radius 3 is 2.82 bits per heavy atom. The topological polar surface area (TPSA) is 58.9 Å². The molecule has 1 aliphatic rings. The number of hydrogen-bond acceptors (Lipinski definition) is 4. The van der Waals surface area contributed by atoms with Crippen LogP contribution in [0.15, 0.2) is 0 Å². The number of aliphatic hydroxyl groups excluding tert-OH is 2. The summed E-state index contributed by atoms with van der Waals surface area (Å²) in [6, 6.07) is 0. The highest BCUT2D eigenvalue weighted by Gasteiger charge is 2.33. The maximum Gasteiger partial charge on any atom is 0.160 e. The largest absolute Gasteiger partial charge is 0.396 e. The summed E-state index contributed by atoms with van der Waals surface area (Å²) in [5.74, 6) is 0. The number of aliphatic hydroxyl groups is 2. The molecule has 1 heterocycles. The molecular weight excluding hydrogens is 148 g/mol. The summed E-state index contributed by atoms with van der Waals surface area (Å²) in [5, 5.41) is 17.9. The highest BCUT2D eigenvalue weighted by molar-refractivity contribution is 4.77.